The van der Waals surface area contributed by atoms with Crippen molar-refractivity contribution < 1.29 is 22.7 Å². The molecule has 9 heteroatoms. The largest absolute Gasteiger partial charge is 0.440 e. The molecule has 1 N–H and O–H groups in total. The summed E-state index contributed by atoms with van der Waals surface area (Å²) in [5.74, 6) is 0.518. The Morgan fingerprint density at radius 1 is 1.32 bits per heavy atom. The lowest BCUT2D eigenvalue weighted by Gasteiger charge is -2.26. The van der Waals surface area contributed by atoms with Crippen LogP contribution in [0.4, 0.5) is 18.0 Å². The number of aryl methyl sites for hydroxylation is 1. The van der Waals surface area contributed by atoms with Crippen LogP contribution < -0.4 is 5.32 Å². The van der Waals surface area contributed by atoms with Gasteiger partial charge in [0.2, 0.25) is 0 Å². The van der Waals surface area contributed by atoms with E-state index in [0.717, 1.165) is 29.4 Å². The van der Waals surface area contributed by atoms with Crippen LogP contribution in [0.5, 0.6) is 0 Å². The first-order valence-electron chi connectivity index (χ1n) is 8.43. The summed E-state index contributed by atoms with van der Waals surface area (Å²) in [6.07, 6.45) is 0.441. The van der Waals surface area contributed by atoms with Gasteiger partial charge in [-0.2, -0.15) is 13.2 Å². The summed E-state index contributed by atoms with van der Waals surface area (Å²) in [6, 6.07) is 0.460. The summed E-state index contributed by atoms with van der Waals surface area (Å²) in [5.41, 5.74) is 2.15. The third kappa shape index (κ3) is 6.13. The van der Waals surface area contributed by atoms with E-state index in [1.165, 1.54) is 31.0 Å². The summed E-state index contributed by atoms with van der Waals surface area (Å²) >= 11 is 1.50. The van der Waals surface area contributed by atoms with E-state index >= 15 is 0 Å². The number of imidazole rings is 1. The smallest absolute Gasteiger partial charge is 0.422 e. The second kappa shape index (κ2) is 8.82. The van der Waals surface area contributed by atoms with Crippen molar-refractivity contribution in [1.82, 2.24) is 14.9 Å². The molecule has 0 aromatic carbocycles. The summed E-state index contributed by atoms with van der Waals surface area (Å²) in [7, 11) is 0. The van der Waals surface area contributed by atoms with Gasteiger partial charge in [0.25, 0.3) is 0 Å². The number of rotatable bonds is 6. The van der Waals surface area contributed by atoms with Crippen LogP contribution in [0.3, 0.4) is 0 Å². The molecule has 142 valence electrons. The number of carbonyl (C=O) groups excluding carboxylic acids is 1. The molecule has 5 nitrogen and oxygen atoms in total. The van der Waals surface area contributed by atoms with Crippen LogP contribution in [0.1, 0.15) is 49.5 Å². The number of hydrogen-bond donors (Lipinski definition) is 1. The van der Waals surface area contributed by atoms with E-state index in [1.807, 2.05) is 6.92 Å². The van der Waals surface area contributed by atoms with Gasteiger partial charge in [0.1, 0.15) is 0 Å². The molecule has 0 aliphatic heterocycles. The standard InChI is InChI=1S/C16H24F3N3O2S/c1-11-12(2)22(13-6-4-3-5-7-13)14(21-11)25-9-8-20-15(23)24-10-16(17,18)19/h13H,3-10H2,1-2H3,(H,20,23). The second-order valence-corrected chi connectivity index (χ2v) is 7.26. The first-order chi connectivity index (χ1) is 11.8. The first kappa shape index (κ1) is 19.9. The van der Waals surface area contributed by atoms with Gasteiger partial charge in [0.05, 0.1) is 5.69 Å². The predicted molar refractivity (Wildman–Crippen MR) is 90.0 cm³/mol. The molecule has 1 amide bonds. The van der Waals surface area contributed by atoms with E-state index in [2.05, 4.69) is 26.5 Å². The highest BCUT2D eigenvalue weighted by Gasteiger charge is 2.29. The van der Waals surface area contributed by atoms with Crippen LogP contribution in [0, 0.1) is 13.8 Å². The van der Waals surface area contributed by atoms with Crippen LogP contribution in [-0.2, 0) is 4.74 Å². The lowest BCUT2D eigenvalue weighted by molar-refractivity contribution is -0.160. The van der Waals surface area contributed by atoms with Gasteiger partial charge in [-0.3, -0.25) is 0 Å². The quantitative estimate of drug-likeness (QED) is 0.588. The Hall–Kier alpha value is -1.38. The molecule has 1 aromatic rings. The minimum absolute atomic E-state index is 0.219. The average molecular weight is 379 g/mol. The van der Waals surface area contributed by atoms with E-state index in [4.69, 9.17) is 0 Å². The highest BCUT2D eigenvalue weighted by Crippen LogP contribution is 2.34. The van der Waals surface area contributed by atoms with Gasteiger partial charge in [0, 0.05) is 24.0 Å². The molecule has 1 aliphatic carbocycles. The molecule has 2 rings (SSSR count). The van der Waals surface area contributed by atoms with Crippen LogP contribution in [0.2, 0.25) is 0 Å². The number of amides is 1. The zero-order chi connectivity index (χ0) is 18.4. The highest BCUT2D eigenvalue weighted by atomic mass is 32.2. The number of nitrogens with one attached hydrogen (secondary N) is 1. The van der Waals surface area contributed by atoms with Crippen molar-refractivity contribution in [3.05, 3.63) is 11.4 Å². The molecule has 1 aromatic heterocycles. The van der Waals surface area contributed by atoms with Crippen LogP contribution in [0.25, 0.3) is 0 Å². The van der Waals surface area contributed by atoms with Gasteiger partial charge >= 0.3 is 12.3 Å². The van der Waals surface area contributed by atoms with Crippen LogP contribution in [-0.4, -0.2) is 40.7 Å². The number of carbonyl (C=O) groups is 1. The molecule has 25 heavy (non-hydrogen) atoms. The average Bonchev–Trinajstić information content (AvgIpc) is 2.84. The van der Waals surface area contributed by atoms with Gasteiger partial charge in [-0.05, 0) is 26.7 Å². The minimum Gasteiger partial charge on any atom is -0.440 e. The van der Waals surface area contributed by atoms with E-state index in [0.29, 0.717) is 11.8 Å². The number of alkyl carbamates (subject to hydrolysis) is 1. The highest BCUT2D eigenvalue weighted by molar-refractivity contribution is 7.99. The van der Waals surface area contributed by atoms with E-state index in [-0.39, 0.29) is 6.54 Å². The number of nitrogens with zero attached hydrogens (tertiary/aromatic N) is 2. The summed E-state index contributed by atoms with van der Waals surface area (Å²) in [4.78, 5) is 15.8. The number of halogens is 3. The lowest BCUT2D eigenvalue weighted by atomic mass is 9.95. The molecule has 1 saturated carbocycles. The molecular weight excluding hydrogens is 355 g/mol. The van der Waals surface area contributed by atoms with E-state index in [1.54, 1.807) is 0 Å². The van der Waals surface area contributed by atoms with Gasteiger partial charge in [0.15, 0.2) is 11.8 Å². The lowest BCUT2D eigenvalue weighted by Crippen LogP contribution is -2.30. The Labute approximate surface area is 149 Å². The monoisotopic (exact) mass is 379 g/mol. The molecule has 1 fully saturated rings. The first-order valence-corrected chi connectivity index (χ1v) is 9.42. The number of aromatic nitrogens is 2. The third-order valence-corrected chi connectivity index (χ3v) is 5.22. The van der Waals surface area contributed by atoms with Gasteiger partial charge < -0.3 is 14.6 Å². The van der Waals surface area contributed by atoms with Crippen molar-refractivity contribution in [3.63, 3.8) is 0 Å². The summed E-state index contributed by atoms with van der Waals surface area (Å²) < 4.78 is 42.3. The summed E-state index contributed by atoms with van der Waals surface area (Å²) in [5, 5.41) is 3.24. The fourth-order valence-corrected chi connectivity index (χ4v) is 3.97. The van der Waals surface area contributed by atoms with Gasteiger partial charge in [-0.25, -0.2) is 9.78 Å². The zero-order valence-corrected chi connectivity index (χ0v) is 15.3. The molecule has 0 atom stereocenters. The Bertz CT molecular complexity index is 584. The van der Waals surface area contributed by atoms with Crippen LogP contribution in [0.15, 0.2) is 5.16 Å². The van der Waals surface area contributed by atoms with Crippen molar-refractivity contribution in [1.29, 1.82) is 0 Å². The maximum atomic E-state index is 12.0. The zero-order valence-electron chi connectivity index (χ0n) is 14.5. The fraction of sp³-hybridized carbons (Fsp3) is 0.750. The van der Waals surface area contributed by atoms with Crippen molar-refractivity contribution in [2.45, 2.75) is 63.3 Å². The number of ether oxygens (including phenoxy) is 1. The molecule has 1 heterocycles. The maximum absolute atomic E-state index is 12.0. The van der Waals surface area contributed by atoms with E-state index in [9.17, 15) is 18.0 Å². The Morgan fingerprint density at radius 2 is 2.00 bits per heavy atom. The van der Waals surface area contributed by atoms with Crippen molar-refractivity contribution in [2.75, 3.05) is 18.9 Å². The van der Waals surface area contributed by atoms with Crippen LogP contribution >= 0.6 is 11.8 Å². The molecule has 0 unspecified atom stereocenters. The SMILES string of the molecule is Cc1nc(SCCNC(=O)OCC(F)(F)F)n(C2CCCCC2)c1C. The van der Waals surface area contributed by atoms with Crippen molar-refractivity contribution in [3.8, 4) is 0 Å². The van der Waals surface area contributed by atoms with Crippen molar-refractivity contribution >= 4 is 17.9 Å². The normalized spacial score (nSPS) is 16.0. The van der Waals surface area contributed by atoms with Gasteiger partial charge in [-0.15, -0.1) is 0 Å². The molecular formula is C16H24F3N3O2S. The van der Waals surface area contributed by atoms with E-state index < -0.39 is 18.9 Å². The molecule has 0 spiro atoms. The molecule has 0 saturated heterocycles. The minimum atomic E-state index is -4.51. The maximum Gasteiger partial charge on any atom is 0.422 e. The Kier molecular flexibility index (Phi) is 7.04. The third-order valence-electron chi connectivity index (χ3n) is 4.26. The Balaban J connectivity index is 1.82. The van der Waals surface area contributed by atoms with Crippen molar-refractivity contribution in [2.24, 2.45) is 0 Å². The summed E-state index contributed by atoms with van der Waals surface area (Å²) in [6.45, 7) is 2.69. The fourth-order valence-electron chi connectivity index (χ4n) is 2.96. The Morgan fingerprint density at radius 3 is 2.64 bits per heavy atom. The molecule has 0 radical (unpaired) electrons. The number of alkyl halides is 3. The molecule has 0 bridgehead atoms. The second-order valence-electron chi connectivity index (χ2n) is 6.19. The molecule has 1 aliphatic rings. The predicted octanol–water partition coefficient (Wildman–Crippen LogP) is 4.39. The number of thioether (sulfide) groups is 1. The number of hydrogen-bond acceptors (Lipinski definition) is 4. The topological polar surface area (TPSA) is 56.1 Å². The van der Waals surface area contributed by atoms with Gasteiger partial charge in [-0.1, -0.05) is 31.0 Å².